The van der Waals surface area contributed by atoms with Gasteiger partial charge in [0.2, 0.25) is 0 Å². The van der Waals surface area contributed by atoms with Gasteiger partial charge < -0.3 is 4.74 Å². The zero-order chi connectivity index (χ0) is 13.7. The molecule has 1 aromatic carbocycles. The van der Waals surface area contributed by atoms with Crippen LogP contribution in [0.3, 0.4) is 0 Å². The Hall–Kier alpha value is -2.21. The van der Waals surface area contributed by atoms with Crippen LogP contribution in [0.15, 0.2) is 36.4 Å². The third kappa shape index (κ3) is 3.62. The summed E-state index contributed by atoms with van der Waals surface area (Å²) in [4.78, 5) is 26.8. The molecule has 1 amide bonds. The summed E-state index contributed by atoms with van der Waals surface area (Å²) in [5.41, 5.74) is 0.828. The Kier molecular flexibility index (Phi) is 4.25. The van der Waals surface area contributed by atoms with Gasteiger partial charge in [0.15, 0.2) is 11.7 Å². The monoisotopic (exact) mass is 276 g/mol. The fourth-order valence-corrected chi connectivity index (χ4v) is 2.28. The molecule has 0 fully saturated rings. The lowest BCUT2D eigenvalue weighted by atomic mass is 10.3. The number of carbonyl (C=O) groups is 2. The average molecular weight is 276 g/mol. The number of carbonyl (C=O) groups excluding carboxylic acids is 2. The molecule has 0 saturated heterocycles. The number of para-hydroxylation sites is 1. The summed E-state index contributed by atoms with van der Waals surface area (Å²) in [6.45, 7) is 1.38. The molecule has 0 saturated carbocycles. The summed E-state index contributed by atoms with van der Waals surface area (Å²) in [5.74, 6) is -0.946. The van der Waals surface area contributed by atoms with Crippen LogP contribution in [-0.2, 0) is 14.3 Å². The zero-order valence-corrected chi connectivity index (χ0v) is 11.1. The number of fused-ring (bicyclic) bond motifs is 1. The van der Waals surface area contributed by atoms with Gasteiger partial charge in [-0.05, 0) is 19.1 Å². The van der Waals surface area contributed by atoms with Gasteiger partial charge in [-0.2, -0.15) is 0 Å². The fourth-order valence-electron chi connectivity index (χ4n) is 1.40. The average Bonchev–Trinajstić information content (AvgIpc) is 2.78. The molecule has 0 radical (unpaired) electrons. The van der Waals surface area contributed by atoms with Gasteiger partial charge in [-0.25, -0.2) is 9.78 Å². The summed E-state index contributed by atoms with van der Waals surface area (Å²) < 4.78 is 5.72. The summed E-state index contributed by atoms with van der Waals surface area (Å²) in [7, 11) is 0. The van der Waals surface area contributed by atoms with E-state index < -0.39 is 11.9 Å². The highest BCUT2D eigenvalue weighted by atomic mass is 32.1. The molecule has 0 aliphatic rings. The third-order valence-electron chi connectivity index (χ3n) is 2.19. The summed E-state index contributed by atoms with van der Waals surface area (Å²) in [6, 6.07) is 7.58. The molecule has 5 nitrogen and oxygen atoms in total. The molecule has 0 atom stereocenters. The molecule has 2 aromatic rings. The number of nitrogens with one attached hydrogen (secondary N) is 1. The molecule has 1 aromatic heterocycles. The van der Waals surface area contributed by atoms with Gasteiger partial charge in [0.05, 0.1) is 10.2 Å². The number of nitrogens with zero attached hydrogens (tertiary/aromatic N) is 1. The maximum Gasteiger partial charge on any atom is 0.330 e. The minimum atomic E-state index is -0.540. The summed E-state index contributed by atoms with van der Waals surface area (Å²) in [5, 5.41) is 3.09. The third-order valence-corrected chi connectivity index (χ3v) is 3.14. The molecule has 0 unspecified atom stereocenters. The topological polar surface area (TPSA) is 68.3 Å². The summed E-state index contributed by atoms with van der Waals surface area (Å²) >= 11 is 1.37. The van der Waals surface area contributed by atoms with Crippen LogP contribution < -0.4 is 5.32 Å². The van der Waals surface area contributed by atoms with Crippen molar-refractivity contribution in [2.24, 2.45) is 0 Å². The number of allylic oxidation sites excluding steroid dienone is 1. The number of esters is 1. The highest BCUT2D eigenvalue weighted by molar-refractivity contribution is 7.22. The fraction of sp³-hybridized carbons (Fsp3) is 0.154. The molecular formula is C13H12N2O3S. The standard InChI is InChI=1S/C13H12N2O3S/c1-2-5-12(17)18-8-11(16)15-13-14-9-6-3-4-7-10(9)19-13/h2-7H,8H2,1H3,(H,14,15,16). The lowest BCUT2D eigenvalue weighted by molar-refractivity contribution is -0.142. The van der Waals surface area contributed by atoms with Crippen LogP contribution in [0, 0.1) is 0 Å². The highest BCUT2D eigenvalue weighted by Gasteiger charge is 2.09. The van der Waals surface area contributed by atoms with Gasteiger partial charge in [-0.3, -0.25) is 10.1 Å². The van der Waals surface area contributed by atoms with Crippen LogP contribution in [0.25, 0.3) is 10.2 Å². The number of thiazole rings is 1. The first-order valence-electron chi connectivity index (χ1n) is 5.64. The summed E-state index contributed by atoms with van der Waals surface area (Å²) in [6.07, 6.45) is 2.80. The van der Waals surface area contributed by atoms with E-state index in [1.807, 2.05) is 24.3 Å². The van der Waals surface area contributed by atoms with Gasteiger partial charge in [0, 0.05) is 6.08 Å². The molecule has 1 heterocycles. The SMILES string of the molecule is CC=CC(=O)OCC(=O)Nc1nc2ccccc2s1. The van der Waals surface area contributed by atoms with Gasteiger partial charge in [-0.15, -0.1) is 0 Å². The Labute approximate surface area is 113 Å². The van der Waals surface area contributed by atoms with E-state index in [0.717, 1.165) is 10.2 Å². The number of hydrogen-bond donors (Lipinski definition) is 1. The van der Waals surface area contributed by atoms with Crippen molar-refractivity contribution in [1.29, 1.82) is 0 Å². The number of hydrogen-bond acceptors (Lipinski definition) is 5. The Morgan fingerprint density at radius 1 is 1.42 bits per heavy atom. The van der Waals surface area contributed by atoms with E-state index in [1.165, 1.54) is 17.4 Å². The Morgan fingerprint density at radius 2 is 2.21 bits per heavy atom. The molecule has 98 valence electrons. The maximum atomic E-state index is 11.6. The van der Waals surface area contributed by atoms with Crippen molar-refractivity contribution in [3.05, 3.63) is 36.4 Å². The second-order valence-electron chi connectivity index (χ2n) is 3.64. The smallest absolute Gasteiger partial charge is 0.330 e. The Bertz CT molecular complexity index is 601. The van der Waals surface area contributed by atoms with Crippen molar-refractivity contribution in [3.8, 4) is 0 Å². The van der Waals surface area contributed by atoms with E-state index in [4.69, 9.17) is 4.74 Å². The number of rotatable bonds is 4. The Morgan fingerprint density at radius 3 is 2.95 bits per heavy atom. The van der Waals surface area contributed by atoms with E-state index in [9.17, 15) is 9.59 Å². The van der Waals surface area contributed by atoms with Crippen LogP contribution in [0.4, 0.5) is 5.13 Å². The Balaban J connectivity index is 1.93. The first-order chi connectivity index (χ1) is 9.19. The molecule has 0 aliphatic heterocycles. The van der Waals surface area contributed by atoms with Gasteiger partial charge >= 0.3 is 5.97 Å². The van der Waals surface area contributed by atoms with Gasteiger partial charge in [0.1, 0.15) is 0 Å². The van der Waals surface area contributed by atoms with Gasteiger partial charge in [0.25, 0.3) is 5.91 Å². The van der Waals surface area contributed by atoms with Crippen molar-refractivity contribution < 1.29 is 14.3 Å². The number of anilines is 1. The maximum absolute atomic E-state index is 11.6. The van der Waals surface area contributed by atoms with Crippen LogP contribution in [0.2, 0.25) is 0 Å². The molecule has 2 rings (SSSR count). The predicted molar refractivity (Wildman–Crippen MR) is 74.0 cm³/mol. The molecule has 19 heavy (non-hydrogen) atoms. The van der Waals surface area contributed by atoms with E-state index in [2.05, 4.69) is 10.3 Å². The molecule has 0 spiro atoms. The highest BCUT2D eigenvalue weighted by Crippen LogP contribution is 2.25. The normalized spacial score (nSPS) is 10.8. The second kappa shape index (κ2) is 6.10. The predicted octanol–water partition coefficient (Wildman–Crippen LogP) is 2.35. The molecule has 0 bridgehead atoms. The first-order valence-corrected chi connectivity index (χ1v) is 6.45. The minimum absolute atomic E-state index is 0.320. The number of amides is 1. The van der Waals surface area contributed by atoms with Crippen LogP contribution in [0.5, 0.6) is 0 Å². The number of ether oxygens (including phenoxy) is 1. The van der Waals surface area contributed by atoms with Gasteiger partial charge in [-0.1, -0.05) is 29.5 Å². The van der Waals surface area contributed by atoms with Crippen molar-refractivity contribution in [3.63, 3.8) is 0 Å². The lowest BCUT2D eigenvalue weighted by Gasteiger charge is -2.01. The molecule has 0 aliphatic carbocycles. The molecular weight excluding hydrogens is 264 g/mol. The lowest BCUT2D eigenvalue weighted by Crippen LogP contribution is -2.19. The van der Waals surface area contributed by atoms with E-state index in [-0.39, 0.29) is 6.61 Å². The van der Waals surface area contributed by atoms with E-state index in [0.29, 0.717) is 5.13 Å². The first kappa shape index (κ1) is 13.2. The number of benzene rings is 1. The second-order valence-corrected chi connectivity index (χ2v) is 4.67. The largest absolute Gasteiger partial charge is 0.452 e. The number of aromatic nitrogens is 1. The van der Waals surface area contributed by atoms with Crippen LogP contribution in [-0.4, -0.2) is 23.5 Å². The quantitative estimate of drug-likeness (QED) is 0.687. The van der Waals surface area contributed by atoms with Crippen LogP contribution in [0.1, 0.15) is 6.92 Å². The van der Waals surface area contributed by atoms with Crippen molar-refractivity contribution >= 4 is 38.6 Å². The zero-order valence-electron chi connectivity index (χ0n) is 10.3. The molecule has 6 heteroatoms. The van der Waals surface area contributed by atoms with Crippen molar-refractivity contribution in [2.45, 2.75) is 6.92 Å². The molecule has 1 N–H and O–H groups in total. The van der Waals surface area contributed by atoms with E-state index in [1.54, 1.807) is 13.0 Å². The minimum Gasteiger partial charge on any atom is -0.452 e. The van der Waals surface area contributed by atoms with Crippen molar-refractivity contribution in [1.82, 2.24) is 4.98 Å². The van der Waals surface area contributed by atoms with Crippen molar-refractivity contribution in [2.75, 3.05) is 11.9 Å². The van der Waals surface area contributed by atoms with Crippen LogP contribution >= 0.6 is 11.3 Å². The van der Waals surface area contributed by atoms with E-state index >= 15 is 0 Å².